The lowest BCUT2D eigenvalue weighted by Gasteiger charge is -2.28. The number of rotatable bonds is 2. The zero-order valence-electron chi connectivity index (χ0n) is 13.4. The highest BCUT2D eigenvalue weighted by Gasteiger charge is 2.18. The molecule has 0 aliphatic carbocycles. The Labute approximate surface area is 130 Å². The van der Waals surface area contributed by atoms with E-state index in [4.69, 9.17) is 0 Å². The highest BCUT2D eigenvalue weighted by Crippen LogP contribution is 2.34. The molecule has 116 valence electrons. The first kappa shape index (κ1) is 14.7. The lowest BCUT2D eigenvalue weighted by Crippen LogP contribution is -2.24. The second kappa shape index (κ2) is 5.52. The van der Waals surface area contributed by atoms with E-state index in [1.165, 1.54) is 11.3 Å². The summed E-state index contributed by atoms with van der Waals surface area (Å²) in [6.45, 7) is 4.72. The minimum absolute atomic E-state index is 0.121. The summed E-state index contributed by atoms with van der Waals surface area (Å²) in [7, 11) is 2.11. The maximum absolute atomic E-state index is 12.0. The Morgan fingerprint density at radius 1 is 1.36 bits per heavy atom. The van der Waals surface area contributed by atoms with Crippen molar-refractivity contribution in [3.63, 3.8) is 0 Å². The lowest BCUT2D eigenvalue weighted by molar-refractivity contribution is 0.463. The van der Waals surface area contributed by atoms with E-state index in [0.717, 1.165) is 36.2 Å². The maximum Gasteiger partial charge on any atom is 0.255 e. The van der Waals surface area contributed by atoms with Crippen molar-refractivity contribution >= 4 is 5.69 Å². The van der Waals surface area contributed by atoms with Gasteiger partial charge >= 0.3 is 0 Å². The molecule has 4 heteroatoms. The van der Waals surface area contributed by atoms with Crippen LogP contribution in [0.1, 0.15) is 30.0 Å². The molecule has 0 spiro atoms. The first-order chi connectivity index (χ1) is 10.5. The third-order valence-electron chi connectivity index (χ3n) is 4.59. The van der Waals surface area contributed by atoms with Crippen molar-refractivity contribution in [1.29, 1.82) is 0 Å². The van der Waals surface area contributed by atoms with Gasteiger partial charge in [-0.3, -0.25) is 4.79 Å². The van der Waals surface area contributed by atoms with Gasteiger partial charge in [-0.2, -0.15) is 0 Å². The van der Waals surface area contributed by atoms with Gasteiger partial charge in [0, 0.05) is 24.8 Å². The second-order valence-electron chi connectivity index (χ2n) is 6.00. The minimum Gasteiger partial charge on any atom is -0.507 e. The molecule has 0 saturated carbocycles. The van der Waals surface area contributed by atoms with Crippen molar-refractivity contribution in [3.8, 4) is 17.0 Å². The van der Waals surface area contributed by atoms with Crippen molar-refractivity contribution in [1.82, 2.24) is 4.98 Å². The number of aryl methyl sites for hydroxylation is 1. The van der Waals surface area contributed by atoms with Gasteiger partial charge in [-0.15, -0.1) is 0 Å². The summed E-state index contributed by atoms with van der Waals surface area (Å²) in [6.07, 6.45) is 2.87. The molecule has 1 aliphatic rings. The zero-order valence-corrected chi connectivity index (χ0v) is 13.4. The quantitative estimate of drug-likeness (QED) is 0.896. The molecule has 1 aliphatic heterocycles. The van der Waals surface area contributed by atoms with Crippen LogP contribution in [-0.2, 0) is 12.8 Å². The molecule has 1 aromatic carbocycles. The standard InChI is InChI=1S/C18H22N2O2/c1-4-14-16(19-18(22)11(2)17(14)21)13-7-8-15-12(10-13)6-5-9-20(15)3/h7-8,10H,4-6,9H2,1-3H3,(H2,19,21,22). The van der Waals surface area contributed by atoms with E-state index in [1.54, 1.807) is 6.92 Å². The van der Waals surface area contributed by atoms with Gasteiger partial charge in [0.15, 0.2) is 0 Å². The molecular weight excluding hydrogens is 276 g/mol. The summed E-state index contributed by atoms with van der Waals surface area (Å²) in [6, 6.07) is 6.28. The summed E-state index contributed by atoms with van der Waals surface area (Å²) < 4.78 is 0. The highest BCUT2D eigenvalue weighted by molar-refractivity contribution is 5.71. The summed E-state index contributed by atoms with van der Waals surface area (Å²) in [4.78, 5) is 17.2. The minimum atomic E-state index is -0.223. The van der Waals surface area contributed by atoms with Crippen molar-refractivity contribution < 1.29 is 5.11 Å². The number of pyridine rings is 1. The molecule has 0 saturated heterocycles. The summed E-state index contributed by atoms with van der Waals surface area (Å²) in [5.74, 6) is 0.121. The Morgan fingerprint density at radius 3 is 2.86 bits per heavy atom. The van der Waals surface area contributed by atoms with Crippen LogP contribution in [0.25, 0.3) is 11.3 Å². The molecule has 2 N–H and O–H groups in total. The number of hydrogen-bond acceptors (Lipinski definition) is 3. The molecular formula is C18H22N2O2. The summed E-state index contributed by atoms with van der Waals surface area (Å²) in [5, 5.41) is 10.3. The van der Waals surface area contributed by atoms with Crippen LogP contribution >= 0.6 is 0 Å². The van der Waals surface area contributed by atoms with Gasteiger partial charge in [-0.1, -0.05) is 13.0 Å². The number of hydrogen-bond donors (Lipinski definition) is 2. The number of anilines is 1. The van der Waals surface area contributed by atoms with Crippen molar-refractivity contribution in [3.05, 3.63) is 45.2 Å². The molecule has 0 radical (unpaired) electrons. The van der Waals surface area contributed by atoms with Crippen molar-refractivity contribution in [2.75, 3.05) is 18.5 Å². The van der Waals surface area contributed by atoms with Crippen LogP contribution in [0.5, 0.6) is 5.75 Å². The van der Waals surface area contributed by atoms with Gasteiger partial charge in [0.2, 0.25) is 0 Å². The van der Waals surface area contributed by atoms with Crippen molar-refractivity contribution in [2.24, 2.45) is 0 Å². The van der Waals surface area contributed by atoms with Crippen LogP contribution in [0.15, 0.2) is 23.0 Å². The maximum atomic E-state index is 12.0. The molecule has 0 bridgehead atoms. The fourth-order valence-corrected chi connectivity index (χ4v) is 3.27. The number of aromatic hydroxyl groups is 1. The largest absolute Gasteiger partial charge is 0.507 e. The Balaban J connectivity index is 2.18. The van der Waals surface area contributed by atoms with E-state index in [9.17, 15) is 9.90 Å². The molecule has 3 rings (SSSR count). The molecule has 4 nitrogen and oxygen atoms in total. The number of fused-ring (bicyclic) bond motifs is 1. The third-order valence-corrected chi connectivity index (χ3v) is 4.59. The van der Waals surface area contributed by atoms with Gasteiger partial charge in [0.1, 0.15) is 5.75 Å². The number of nitrogens with zero attached hydrogens (tertiary/aromatic N) is 1. The van der Waals surface area contributed by atoms with Gasteiger partial charge in [0.25, 0.3) is 5.56 Å². The van der Waals surface area contributed by atoms with Crippen LogP contribution in [0.2, 0.25) is 0 Å². The fraction of sp³-hybridized carbons (Fsp3) is 0.389. The average molecular weight is 298 g/mol. The van der Waals surface area contributed by atoms with E-state index in [2.05, 4.69) is 29.1 Å². The van der Waals surface area contributed by atoms with Crippen LogP contribution in [0, 0.1) is 6.92 Å². The number of nitrogens with one attached hydrogen (secondary N) is 1. The zero-order chi connectivity index (χ0) is 15.9. The Kier molecular flexibility index (Phi) is 3.69. The number of aromatic amines is 1. The predicted molar refractivity (Wildman–Crippen MR) is 89.9 cm³/mol. The summed E-state index contributed by atoms with van der Waals surface area (Å²) >= 11 is 0. The van der Waals surface area contributed by atoms with Gasteiger partial charge in [-0.05, 0) is 49.4 Å². The Hall–Kier alpha value is -2.23. The van der Waals surface area contributed by atoms with E-state index in [0.29, 0.717) is 12.0 Å². The predicted octanol–water partition coefficient (Wildman–Crippen LogP) is 3.00. The van der Waals surface area contributed by atoms with Crippen LogP contribution in [0.3, 0.4) is 0 Å². The smallest absolute Gasteiger partial charge is 0.255 e. The lowest BCUT2D eigenvalue weighted by atomic mass is 9.95. The number of H-pyrrole nitrogens is 1. The Morgan fingerprint density at radius 2 is 2.14 bits per heavy atom. The van der Waals surface area contributed by atoms with Gasteiger partial charge in [-0.25, -0.2) is 0 Å². The molecule has 2 heterocycles. The molecule has 2 aromatic rings. The fourth-order valence-electron chi connectivity index (χ4n) is 3.27. The van der Waals surface area contributed by atoms with Gasteiger partial charge < -0.3 is 15.0 Å². The number of benzene rings is 1. The molecule has 0 amide bonds. The third kappa shape index (κ3) is 2.28. The molecule has 0 unspecified atom stereocenters. The summed E-state index contributed by atoms with van der Waals surface area (Å²) in [5.41, 5.74) is 5.24. The van der Waals surface area contributed by atoms with Gasteiger partial charge in [0.05, 0.1) is 11.3 Å². The van der Waals surface area contributed by atoms with E-state index < -0.39 is 0 Å². The molecule has 22 heavy (non-hydrogen) atoms. The second-order valence-corrected chi connectivity index (χ2v) is 6.00. The molecule has 1 aromatic heterocycles. The van der Waals surface area contributed by atoms with E-state index >= 15 is 0 Å². The normalized spacial score (nSPS) is 14.0. The topological polar surface area (TPSA) is 56.3 Å². The first-order valence-corrected chi connectivity index (χ1v) is 7.82. The number of aromatic nitrogens is 1. The first-order valence-electron chi connectivity index (χ1n) is 7.82. The van der Waals surface area contributed by atoms with Crippen LogP contribution in [-0.4, -0.2) is 23.7 Å². The monoisotopic (exact) mass is 298 g/mol. The van der Waals surface area contributed by atoms with E-state index in [1.807, 2.05) is 13.0 Å². The van der Waals surface area contributed by atoms with E-state index in [-0.39, 0.29) is 11.3 Å². The van der Waals surface area contributed by atoms with Crippen molar-refractivity contribution in [2.45, 2.75) is 33.1 Å². The molecule has 0 fully saturated rings. The average Bonchev–Trinajstić information content (AvgIpc) is 2.52. The van der Waals surface area contributed by atoms with Crippen LogP contribution < -0.4 is 10.5 Å². The highest BCUT2D eigenvalue weighted by atomic mass is 16.3. The SMILES string of the molecule is CCc1c(-c2ccc3c(c2)CCCN3C)[nH]c(=O)c(C)c1O. The van der Waals surface area contributed by atoms with Crippen LogP contribution in [0.4, 0.5) is 5.69 Å². The Bertz CT molecular complexity index is 777. The molecule has 0 atom stereocenters.